The van der Waals surface area contributed by atoms with Crippen LogP contribution in [-0.4, -0.2) is 6.36 Å². The van der Waals surface area contributed by atoms with E-state index in [0.717, 1.165) is 0 Å². The van der Waals surface area contributed by atoms with E-state index < -0.39 is 6.36 Å². The molecule has 1 aromatic carbocycles. The zero-order valence-corrected chi connectivity index (χ0v) is 8.85. The van der Waals surface area contributed by atoms with Crippen LogP contribution in [0.15, 0.2) is 18.2 Å². The minimum absolute atomic E-state index is 0.251. The number of nitrogens with two attached hydrogens (primary N) is 1. The summed E-state index contributed by atoms with van der Waals surface area (Å²) in [4.78, 5) is 0. The lowest BCUT2D eigenvalue weighted by atomic mass is 10.2. The third-order valence-electron chi connectivity index (χ3n) is 1.47. The summed E-state index contributed by atoms with van der Waals surface area (Å²) in [6, 6.07) is 3.79. The standard InChI is InChI=1S/C8H8F3NO.C2H6/c1-5-4-6(2-3-7(5)12)13-8(9,10)11;1-2/h2-4H,12H2,1H3;1-2H3. The molecule has 0 amide bonds. The van der Waals surface area contributed by atoms with Gasteiger partial charge in [0.2, 0.25) is 0 Å². The van der Waals surface area contributed by atoms with Crippen LogP contribution in [0.1, 0.15) is 19.4 Å². The predicted octanol–water partition coefficient (Wildman–Crippen LogP) is 3.50. The summed E-state index contributed by atoms with van der Waals surface area (Å²) in [6.07, 6.45) is -4.65. The van der Waals surface area contributed by atoms with E-state index in [-0.39, 0.29) is 5.75 Å². The smallest absolute Gasteiger partial charge is 0.406 e. The molecule has 1 rings (SSSR count). The van der Waals surface area contributed by atoms with Gasteiger partial charge in [-0.3, -0.25) is 0 Å². The molecule has 0 aromatic heterocycles. The van der Waals surface area contributed by atoms with E-state index in [1.165, 1.54) is 18.2 Å². The number of halogens is 3. The highest BCUT2D eigenvalue weighted by atomic mass is 19.4. The van der Waals surface area contributed by atoms with Crippen molar-refractivity contribution in [3.63, 3.8) is 0 Å². The molecule has 0 aliphatic heterocycles. The van der Waals surface area contributed by atoms with Crippen molar-refractivity contribution in [2.24, 2.45) is 0 Å². The number of hydrogen-bond acceptors (Lipinski definition) is 2. The number of benzene rings is 1. The molecule has 86 valence electrons. The Hall–Kier alpha value is -1.39. The van der Waals surface area contributed by atoms with Crippen LogP contribution >= 0.6 is 0 Å². The number of alkyl halides is 3. The van der Waals surface area contributed by atoms with Crippen molar-refractivity contribution in [2.45, 2.75) is 27.1 Å². The molecule has 0 saturated carbocycles. The van der Waals surface area contributed by atoms with Crippen LogP contribution in [0, 0.1) is 6.92 Å². The first-order valence-corrected chi connectivity index (χ1v) is 4.50. The van der Waals surface area contributed by atoms with Gasteiger partial charge >= 0.3 is 6.36 Å². The van der Waals surface area contributed by atoms with Crippen LogP contribution in [-0.2, 0) is 0 Å². The summed E-state index contributed by atoms with van der Waals surface area (Å²) < 4.78 is 38.8. The van der Waals surface area contributed by atoms with Gasteiger partial charge in [0, 0.05) is 5.69 Å². The Labute approximate surface area is 86.8 Å². The lowest BCUT2D eigenvalue weighted by Gasteiger charge is -2.09. The SMILES string of the molecule is CC.Cc1cc(OC(F)(F)F)ccc1N. The molecule has 0 atom stereocenters. The summed E-state index contributed by atoms with van der Waals surface area (Å²) >= 11 is 0. The van der Waals surface area contributed by atoms with Gasteiger partial charge in [-0.25, -0.2) is 0 Å². The molecule has 0 heterocycles. The van der Waals surface area contributed by atoms with Crippen LogP contribution in [0.2, 0.25) is 0 Å². The maximum Gasteiger partial charge on any atom is 0.573 e. The second-order valence-electron chi connectivity index (χ2n) is 2.57. The highest BCUT2D eigenvalue weighted by Gasteiger charge is 2.31. The van der Waals surface area contributed by atoms with Crippen LogP contribution in [0.5, 0.6) is 5.75 Å². The number of aryl methyl sites for hydroxylation is 1. The minimum Gasteiger partial charge on any atom is -0.406 e. The number of hydrogen-bond donors (Lipinski definition) is 1. The maximum atomic E-state index is 11.7. The van der Waals surface area contributed by atoms with Crippen molar-refractivity contribution in [1.82, 2.24) is 0 Å². The van der Waals surface area contributed by atoms with Gasteiger partial charge in [0.05, 0.1) is 0 Å². The summed E-state index contributed by atoms with van der Waals surface area (Å²) in [5, 5.41) is 0. The quantitative estimate of drug-likeness (QED) is 0.736. The molecular weight excluding hydrogens is 207 g/mol. The molecule has 1 aromatic rings. The van der Waals surface area contributed by atoms with E-state index in [1.54, 1.807) is 6.92 Å². The average Bonchev–Trinajstić information content (AvgIpc) is 2.12. The molecule has 0 spiro atoms. The Morgan fingerprint density at radius 2 is 1.73 bits per heavy atom. The molecule has 0 aliphatic rings. The molecule has 0 aliphatic carbocycles. The molecule has 2 nitrogen and oxygen atoms in total. The molecule has 0 bridgehead atoms. The van der Waals surface area contributed by atoms with Gasteiger partial charge in [0.25, 0.3) is 0 Å². The fraction of sp³-hybridized carbons (Fsp3) is 0.400. The topological polar surface area (TPSA) is 35.2 Å². The van der Waals surface area contributed by atoms with E-state index in [0.29, 0.717) is 11.3 Å². The minimum atomic E-state index is -4.65. The molecule has 15 heavy (non-hydrogen) atoms. The van der Waals surface area contributed by atoms with Gasteiger partial charge in [-0.1, -0.05) is 13.8 Å². The number of nitrogen functional groups attached to an aromatic ring is 1. The van der Waals surface area contributed by atoms with E-state index in [2.05, 4.69) is 4.74 Å². The fourth-order valence-electron chi connectivity index (χ4n) is 0.845. The Bertz CT molecular complexity index is 310. The average molecular weight is 221 g/mol. The number of anilines is 1. The second kappa shape index (κ2) is 5.48. The Morgan fingerprint density at radius 1 is 1.20 bits per heavy atom. The number of rotatable bonds is 1. The normalized spacial score (nSPS) is 10.3. The van der Waals surface area contributed by atoms with E-state index in [1.807, 2.05) is 13.8 Å². The Morgan fingerprint density at radius 3 is 2.13 bits per heavy atom. The van der Waals surface area contributed by atoms with Crippen LogP contribution in [0.4, 0.5) is 18.9 Å². The van der Waals surface area contributed by atoms with E-state index in [9.17, 15) is 13.2 Å². The predicted molar refractivity (Wildman–Crippen MR) is 53.6 cm³/mol. The van der Waals surface area contributed by atoms with Gasteiger partial charge in [0.1, 0.15) is 5.75 Å². The van der Waals surface area contributed by atoms with E-state index >= 15 is 0 Å². The third kappa shape index (κ3) is 5.15. The van der Waals surface area contributed by atoms with Crippen LogP contribution < -0.4 is 10.5 Å². The van der Waals surface area contributed by atoms with Crippen molar-refractivity contribution in [1.29, 1.82) is 0 Å². The molecule has 0 fully saturated rings. The zero-order chi connectivity index (χ0) is 12.1. The van der Waals surface area contributed by atoms with Crippen molar-refractivity contribution in [2.75, 3.05) is 5.73 Å². The largest absolute Gasteiger partial charge is 0.573 e. The first-order valence-electron chi connectivity index (χ1n) is 4.50. The van der Waals surface area contributed by atoms with Gasteiger partial charge in [0.15, 0.2) is 0 Å². The molecule has 2 N–H and O–H groups in total. The summed E-state index contributed by atoms with van der Waals surface area (Å²) in [5.41, 5.74) is 6.41. The first-order chi connectivity index (χ1) is 6.88. The highest BCUT2D eigenvalue weighted by molar-refractivity contribution is 5.49. The monoisotopic (exact) mass is 221 g/mol. The second-order valence-corrected chi connectivity index (χ2v) is 2.57. The summed E-state index contributed by atoms with van der Waals surface area (Å²) in [5.74, 6) is -0.251. The van der Waals surface area contributed by atoms with Crippen molar-refractivity contribution in [3.8, 4) is 5.75 Å². The Kier molecular flexibility index (Phi) is 4.97. The van der Waals surface area contributed by atoms with Gasteiger partial charge < -0.3 is 10.5 Å². The highest BCUT2D eigenvalue weighted by Crippen LogP contribution is 2.25. The van der Waals surface area contributed by atoms with Gasteiger partial charge in [-0.05, 0) is 30.7 Å². The van der Waals surface area contributed by atoms with Gasteiger partial charge in [-0.2, -0.15) is 0 Å². The molecule has 5 heteroatoms. The van der Waals surface area contributed by atoms with E-state index in [4.69, 9.17) is 5.73 Å². The summed E-state index contributed by atoms with van der Waals surface area (Å²) in [7, 11) is 0. The first kappa shape index (κ1) is 13.6. The van der Waals surface area contributed by atoms with Crippen molar-refractivity contribution < 1.29 is 17.9 Å². The molecule has 0 radical (unpaired) electrons. The van der Waals surface area contributed by atoms with Crippen LogP contribution in [0.25, 0.3) is 0 Å². The third-order valence-corrected chi connectivity index (χ3v) is 1.47. The lowest BCUT2D eigenvalue weighted by molar-refractivity contribution is -0.274. The number of ether oxygens (including phenoxy) is 1. The zero-order valence-electron chi connectivity index (χ0n) is 8.85. The van der Waals surface area contributed by atoms with Crippen LogP contribution in [0.3, 0.4) is 0 Å². The molecule has 0 saturated heterocycles. The Balaban J connectivity index is 0.000000921. The lowest BCUT2D eigenvalue weighted by Crippen LogP contribution is -2.17. The maximum absolute atomic E-state index is 11.7. The summed E-state index contributed by atoms with van der Waals surface area (Å²) in [6.45, 7) is 5.61. The molecule has 0 unspecified atom stereocenters. The van der Waals surface area contributed by atoms with Gasteiger partial charge in [-0.15, -0.1) is 13.2 Å². The molecular formula is C10H14F3NO. The fourth-order valence-corrected chi connectivity index (χ4v) is 0.845. The van der Waals surface area contributed by atoms with Crippen molar-refractivity contribution >= 4 is 5.69 Å². The van der Waals surface area contributed by atoms with Crippen molar-refractivity contribution in [3.05, 3.63) is 23.8 Å².